The number of rotatable bonds is 2. The molecule has 0 bridgehead atoms. The van der Waals surface area contributed by atoms with Crippen LogP contribution < -0.4 is 0 Å². The third kappa shape index (κ3) is 2.17. The zero-order chi connectivity index (χ0) is 14.2. The fourth-order valence-electron chi connectivity index (χ4n) is 2.42. The third-order valence-electron chi connectivity index (χ3n) is 3.40. The molecule has 3 heterocycles. The summed E-state index contributed by atoms with van der Waals surface area (Å²) in [6.45, 7) is 0.715. The average molecular weight is 418 g/mol. The minimum absolute atomic E-state index is 0.132. The molecule has 0 aliphatic carbocycles. The lowest BCUT2D eigenvalue weighted by molar-refractivity contribution is -0.0308. The molecule has 0 amide bonds. The molecule has 0 aromatic carbocycles. The van der Waals surface area contributed by atoms with Gasteiger partial charge >= 0.3 is 0 Å². The van der Waals surface area contributed by atoms with Crippen molar-refractivity contribution in [2.24, 2.45) is 15.2 Å². The maximum Gasteiger partial charge on any atom is 0.233 e. The van der Waals surface area contributed by atoms with E-state index in [1.807, 2.05) is 0 Å². The molecule has 0 saturated carbocycles. The van der Waals surface area contributed by atoms with E-state index in [4.69, 9.17) is 4.74 Å². The van der Waals surface area contributed by atoms with Crippen molar-refractivity contribution in [2.75, 3.05) is 6.61 Å². The van der Waals surface area contributed by atoms with E-state index >= 15 is 0 Å². The Balaban J connectivity index is 2.10. The van der Waals surface area contributed by atoms with Gasteiger partial charge in [-0.1, -0.05) is 0 Å². The molecule has 2 aliphatic rings. The van der Waals surface area contributed by atoms with Crippen molar-refractivity contribution >= 4 is 49.5 Å². The molecule has 0 spiro atoms. The van der Waals surface area contributed by atoms with Crippen LogP contribution in [0.1, 0.15) is 29.7 Å². The number of azo groups is 1. The Morgan fingerprint density at radius 1 is 1.45 bits per heavy atom. The monoisotopic (exact) mass is 416 g/mol. The molecule has 5 nitrogen and oxygen atoms in total. The van der Waals surface area contributed by atoms with Gasteiger partial charge in [-0.05, 0) is 51.1 Å². The summed E-state index contributed by atoms with van der Waals surface area (Å²) < 4.78 is 7.38. The molecule has 1 saturated heterocycles. The smallest absolute Gasteiger partial charge is 0.233 e. The predicted octanol–water partition coefficient (Wildman–Crippen LogP) is 4.36. The topological polar surface area (TPSA) is 70.1 Å². The summed E-state index contributed by atoms with van der Waals surface area (Å²) in [5.41, 5.74) is -0.279. The van der Waals surface area contributed by atoms with Gasteiger partial charge in [0.25, 0.3) is 0 Å². The Hall–Kier alpha value is -0.620. The maximum absolute atomic E-state index is 9.22. The summed E-state index contributed by atoms with van der Waals surface area (Å²) >= 11 is 8.38. The lowest BCUT2D eigenvalue weighted by Gasteiger charge is -2.33. The first kappa shape index (κ1) is 14.3. The van der Waals surface area contributed by atoms with Crippen molar-refractivity contribution in [1.82, 2.24) is 0 Å². The van der Waals surface area contributed by atoms with Gasteiger partial charge in [-0.2, -0.15) is 5.26 Å². The lowest BCUT2D eigenvalue weighted by atomic mass is 9.95. The molecule has 0 N–H and O–H groups in total. The normalized spacial score (nSPS) is 28.8. The first-order valence-electron chi connectivity index (χ1n) is 6.14. The Kier molecular flexibility index (Phi) is 4.04. The number of aliphatic imine (C=N–C) groups is 1. The van der Waals surface area contributed by atoms with E-state index < -0.39 is 5.66 Å². The summed E-state index contributed by atoms with van der Waals surface area (Å²) in [4.78, 5) is 5.34. The SMILES string of the molecule is N#Cc1c(Br)sc(C2(C3CCCCO3)N=CN=N2)c1Br. The van der Waals surface area contributed by atoms with Crippen molar-refractivity contribution in [3.05, 3.63) is 18.7 Å². The zero-order valence-electron chi connectivity index (χ0n) is 10.3. The van der Waals surface area contributed by atoms with E-state index in [9.17, 15) is 5.26 Å². The second kappa shape index (κ2) is 5.64. The molecular formula is C12H10Br2N4OS. The third-order valence-corrected chi connectivity index (χ3v) is 6.43. The molecular weight excluding hydrogens is 408 g/mol. The van der Waals surface area contributed by atoms with Crippen LogP contribution in [0.25, 0.3) is 0 Å². The first-order valence-corrected chi connectivity index (χ1v) is 8.55. The van der Waals surface area contributed by atoms with E-state index in [2.05, 4.69) is 53.2 Å². The summed E-state index contributed by atoms with van der Waals surface area (Å²) in [5, 5.41) is 17.5. The van der Waals surface area contributed by atoms with E-state index in [1.165, 1.54) is 17.7 Å². The second-order valence-corrected chi connectivity index (χ2v) is 7.68. The van der Waals surface area contributed by atoms with Crippen molar-refractivity contribution < 1.29 is 4.74 Å². The fraction of sp³-hybridized carbons (Fsp3) is 0.500. The molecule has 20 heavy (non-hydrogen) atoms. The molecule has 1 aromatic heterocycles. The molecule has 2 aliphatic heterocycles. The van der Waals surface area contributed by atoms with Crippen LogP contribution in [-0.4, -0.2) is 19.0 Å². The fourth-order valence-corrected chi connectivity index (χ4v) is 5.41. The largest absolute Gasteiger partial charge is 0.373 e. The van der Waals surface area contributed by atoms with Gasteiger partial charge in [0.15, 0.2) is 0 Å². The van der Waals surface area contributed by atoms with E-state index in [-0.39, 0.29) is 6.10 Å². The van der Waals surface area contributed by atoms with Crippen molar-refractivity contribution in [3.8, 4) is 6.07 Å². The highest BCUT2D eigenvalue weighted by atomic mass is 79.9. The van der Waals surface area contributed by atoms with Crippen LogP contribution in [0.15, 0.2) is 23.5 Å². The highest BCUT2D eigenvalue weighted by Gasteiger charge is 2.47. The molecule has 0 radical (unpaired) electrons. The Morgan fingerprint density at radius 2 is 2.30 bits per heavy atom. The second-order valence-electron chi connectivity index (χ2n) is 4.55. The van der Waals surface area contributed by atoms with Crippen molar-refractivity contribution in [2.45, 2.75) is 31.0 Å². The maximum atomic E-state index is 9.22. The highest BCUT2D eigenvalue weighted by molar-refractivity contribution is 9.11. The number of ether oxygens (including phenoxy) is 1. The van der Waals surface area contributed by atoms with Gasteiger partial charge in [0.2, 0.25) is 5.66 Å². The van der Waals surface area contributed by atoms with Gasteiger partial charge in [-0.3, -0.25) is 0 Å². The minimum Gasteiger partial charge on any atom is -0.373 e. The van der Waals surface area contributed by atoms with Crippen molar-refractivity contribution in [3.63, 3.8) is 0 Å². The van der Waals surface area contributed by atoms with Gasteiger partial charge in [0, 0.05) is 6.61 Å². The molecule has 1 aromatic rings. The number of hydrogen-bond donors (Lipinski definition) is 0. The highest BCUT2D eigenvalue weighted by Crippen LogP contribution is 2.49. The Labute approximate surface area is 137 Å². The number of thiophene rings is 1. The van der Waals surface area contributed by atoms with Gasteiger partial charge in [0.05, 0.1) is 18.7 Å². The average Bonchev–Trinajstić information content (AvgIpc) is 3.06. The Bertz CT molecular complexity index is 616. The van der Waals surface area contributed by atoms with Crippen LogP contribution in [0.2, 0.25) is 0 Å². The molecule has 104 valence electrons. The quantitative estimate of drug-likeness (QED) is 0.716. The summed E-state index contributed by atoms with van der Waals surface area (Å²) in [5.74, 6) is 0. The zero-order valence-corrected chi connectivity index (χ0v) is 14.3. The van der Waals surface area contributed by atoms with Crippen LogP contribution in [-0.2, 0) is 10.4 Å². The Morgan fingerprint density at radius 3 is 2.85 bits per heavy atom. The summed E-state index contributed by atoms with van der Waals surface area (Å²) in [6.07, 6.45) is 4.37. The predicted molar refractivity (Wildman–Crippen MR) is 83.1 cm³/mol. The number of halogens is 2. The van der Waals surface area contributed by atoms with Crippen LogP contribution in [0.4, 0.5) is 0 Å². The van der Waals surface area contributed by atoms with Crippen LogP contribution >= 0.6 is 43.2 Å². The standard InChI is InChI=1S/C12H10Br2N4OS/c13-9-7(5-15)11(14)20-10(9)12(16-6-17-18-12)8-3-1-2-4-19-8/h6,8H,1-4H2. The van der Waals surface area contributed by atoms with Gasteiger partial charge in [0.1, 0.15) is 18.5 Å². The van der Waals surface area contributed by atoms with Crippen LogP contribution in [0.5, 0.6) is 0 Å². The van der Waals surface area contributed by atoms with Crippen molar-refractivity contribution in [1.29, 1.82) is 5.26 Å². The number of nitrogens with zero attached hydrogens (tertiary/aromatic N) is 4. The van der Waals surface area contributed by atoms with Crippen LogP contribution in [0.3, 0.4) is 0 Å². The lowest BCUT2D eigenvalue weighted by Crippen LogP contribution is -2.39. The van der Waals surface area contributed by atoms with E-state index in [0.717, 1.165) is 32.4 Å². The number of hydrogen-bond acceptors (Lipinski definition) is 6. The minimum atomic E-state index is -0.846. The first-order chi connectivity index (χ1) is 9.69. The molecule has 3 rings (SSSR count). The summed E-state index contributed by atoms with van der Waals surface area (Å²) in [6, 6.07) is 2.18. The van der Waals surface area contributed by atoms with E-state index in [0.29, 0.717) is 12.2 Å². The molecule has 2 atom stereocenters. The van der Waals surface area contributed by atoms with E-state index in [1.54, 1.807) is 0 Å². The number of nitriles is 1. The molecule has 2 unspecified atom stereocenters. The van der Waals surface area contributed by atoms with Gasteiger partial charge in [-0.15, -0.1) is 21.6 Å². The van der Waals surface area contributed by atoms with Gasteiger partial charge in [-0.25, -0.2) is 4.99 Å². The molecule has 8 heteroatoms. The van der Waals surface area contributed by atoms with Gasteiger partial charge < -0.3 is 4.74 Å². The molecule has 1 fully saturated rings. The van der Waals surface area contributed by atoms with Crippen LogP contribution in [0, 0.1) is 11.3 Å². The summed E-state index contributed by atoms with van der Waals surface area (Å²) in [7, 11) is 0.